The van der Waals surface area contributed by atoms with Crippen LogP contribution in [0.2, 0.25) is 0 Å². The molecule has 0 heterocycles. The van der Waals surface area contributed by atoms with Crippen molar-refractivity contribution >= 4 is 23.2 Å². The molecule has 0 aliphatic rings. The van der Waals surface area contributed by atoms with E-state index in [1.54, 1.807) is 0 Å². The van der Waals surface area contributed by atoms with Gasteiger partial charge in [0.1, 0.15) is 29.3 Å². The van der Waals surface area contributed by atoms with Gasteiger partial charge in [-0.2, -0.15) is 0 Å². The summed E-state index contributed by atoms with van der Waals surface area (Å²) >= 11 is 0. The fourth-order valence-corrected chi connectivity index (χ4v) is 8.77. The molecule has 5 heteroatoms. The van der Waals surface area contributed by atoms with Gasteiger partial charge < -0.3 is 19.7 Å². The van der Waals surface area contributed by atoms with E-state index in [0.717, 1.165) is 0 Å². The standard InChI is InChI=1S/C28H27O4P/c1-20-24(26(30)28(32-3)27(31-2)25(20)29)19-33(21-13-7-4-8-14-21,22-15-9-5-10-16-22)23-17-11-6-12-18-23/h4-18H,19H2,1-3H3,(H-,29,30)/p+1. The molecule has 0 atom stereocenters. The Labute approximate surface area is 195 Å². The van der Waals surface area contributed by atoms with E-state index in [2.05, 4.69) is 72.8 Å². The second-order valence-electron chi connectivity index (χ2n) is 7.84. The number of benzene rings is 4. The summed E-state index contributed by atoms with van der Waals surface area (Å²) < 4.78 is 10.8. The Bertz CT molecular complexity index is 1130. The lowest BCUT2D eigenvalue weighted by atomic mass is 10.1. The summed E-state index contributed by atoms with van der Waals surface area (Å²) in [6.07, 6.45) is 0.511. The fraction of sp³-hybridized carbons (Fsp3) is 0.143. The molecule has 0 unspecified atom stereocenters. The molecule has 4 nitrogen and oxygen atoms in total. The van der Waals surface area contributed by atoms with Crippen LogP contribution in [-0.2, 0) is 6.16 Å². The van der Waals surface area contributed by atoms with Crippen molar-refractivity contribution < 1.29 is 19.7 Å². The molecule has 4 aromatic rings. The molecule has 0 aliphatic carbocycles. The zero-order valence-electron chi connectivity index (χ0n) is 19.0. The monoisotopic (exact) mass is 459 g/mol. The predicted octanol–water partition coefficient (Wildman–Crippen LogP) is 4.92. The van der Waals surface area contributed by atoms with E-state index < -0.39 is 7.26 Å². The minimum atomic E-state index is -2.27. The van der Waals surface area contributed by atoms with Crippen LogP contribution in [0, 0.1) is 6.92 Å². The Morgan fingerprint density at radius 2 is 0.970 bits per heavy atom. The van der Waals surface area contributed by atoms with E-state index >= 15 is 0 Å². The highest BCUT2D eigenvalue weighted by atomic mass is 31.2. The van der Waals surface area contributed by atoms with Crippen molar-refractivity contribution in [1.29, 1.82) is 0 Å². The number of ether oxygens (including phenoxy) is 2. The highest BCUT2D eigenvalue weighted by Crippen LogP contribution is 2.61. The van der Waals surface area contributed by atoms with Crippen LogP contribution in [-0.4, -0.2) is 24.4 Å². The van der Waals surface area contributed by atoms with E-state index in [9.17, 15) is 10.2 Å². The van der Waals surface area contributed by atoms with Gasteiger partial charge in [0, 0.05) is 11.1 Å². The lowest BCUT2D eigenvalue weighted by Gasteiger charge is -2.29. The first-order valence-electron chi connectivity index (χ1n) is 10.7. The topological polar surface area (TPSA) is 58.9 Å². The highest BCUT2D eigenvalue weighted by Gasteiger charge is 2.47. The number of phenolic OH excluding ortho intramolecular Hbond substituents is 2. The third kappa shape index (κ3) is 3.92. The Morgan fingerprint density at radius 1 is 0.606 bits per heavy atom. The second kappa shape index (κ2) is 9.56. The molecular formula is C28H28O4P+. The van der Waals surface area contributed by atoms with E-state index in [1.165, 1.54) is 30.1 Å². The van der Waals surface area contributed by atoms with Gasteiger partial charge in [-0.25, -0.2) is 0 Å². The van der Waals surface area contributed by atoms with E-state index in [4.69, 9.17) is 9.47 Å². The average molecular weight is 460 g/mol. The number of hydrogen-bond acceptors (Lipinski definition) is 4. The lowest BCUT2D eigenvalue weighted by Crippen LogP contribution is -2.32. The first-order valence-corrected chi connectivity index (χ1v) is 12.7. The number of methoxy groups -OCH3 is 2. The molecule has 0 amide bonds. The third-order valence-electron chi connectivity index (χ3n) is 6.12. The fourth-order valence-electron chi connectivity index (χ4n) is 4.42. The average Bonchev–Trinajstić information content (AvgIpc) is 2.88. The maximum atomic E-state index is 11.3. The van der Waals surface area contributed by atoms with Crippen LogP contribution in [0.3, 0.4) is 0 Å². The SMILES string of the molecule is COc1c(O)c(C)c(C[P+](c2ccccc2)(c2ccccc2)c2ccccc2)c(O)c1OC. The summed E-state index contributed by atoms with van der Waals surface area (Å²) in [5, 5.41) is 25.8. The predicted molar refractivity (Wildman–Crippen MR) is 136 cm³/mol. The van der Waals surface area contributed by atoms with Gasteiger partial charge in [-0.1, -0.05) is 54.6 Å². The molecule has 0 aliphatic heterocycles. The quantitative estimate of drug-likeness (QED) is 0.304. The second-order valence-corrected chi connectivity index (χ2v) is 11.3. The van der Waals surface area contributed by atoms with Gasteiger partial charge in [0.25, 0.3) is 0 Å². The molecule has 0 radical (unpaired) electrons. The molecule has 4 aromatic carbocycles. The van der Waals surface area contributed by atoms with Crippen LogP contribution in [0.4, 0.5) is 0 Å². The highest BCUT2D eigenvalue weighted by molar-refractivity contribution is 7.95. The summed E-state index contributed by atoms with van der Waals surface area (Å²) in [5.74, 6) is 0.258. The molecule has 33 heavy (non-hydrogen) atoms. The Hall–Kier alpha value is -3.49. The van der Waals surface area contributed by atoms with Gasteiger partial charge in [-0.3, -0.25) is 0 Å². The van der Waals surface area contributed by atoms with E-state index in [1.807, 2.05) is 25.1 Å². The normalized spacial score (nSPS) is 11.2. The van der Waals surface area contributed by atoms with Crippen LogP contribution in [0.5, 0.6) is 23.0 Å². The van der Waals surface area contributed by atoms with Crippen molar-refractivity contribution in [3.05, 3.63) is 102 Å². The third-order valence-corrected chi connectivity index (χ3v) is 10.5. The van der Waals surface area contributed by atoms with Crippen molar-refractivity contribution in [2.24, 2.45) is 0 Å². The Balaban J connectivity index is 2.07. The molecule has 2 N–H and O–H groups in total. The van der Waals surface area contributed by atoms with Crippen molar-refractivity contribution in [2.75, 3.05) is 14.2 Å². The summed E-state index contributed by atoms with van der Waals surface area (Å²) in [6, 6.07) is 31.3. The minimum Gasteiger partial charge on any atom is -0.504 e. The van der Waals surface area contributed by atoms with Crippen molar-refractivity contribution in [2.45, 2.75) is 13.1 Å². The summed E-state index contributed by atoms with van der Waals surface area (Å²) in [4.78, 5) is 0. The minimum absolute atomic E-state index is 0.00295. The van der Waals surface area contributed by atoms with Crippen LogP contribution in [0.25, 0.3) is 0 Å². The van der Waals surface area contributed by atoms with Gasteiger partial charge in [0.2, 0.25) is 11.5 Å². The Morgan fingerprint density at radius 3 is 1.33 bits per heavy atom. The molecule has 0 saturated heterocycles. The number of phenols is 2. The molecule has 0 spiro atoms. The molecular weight excluding hydrogens is 431 g/mol. The van der Waals surface area contributed by atoms with Crippen molar-refractivity contribution in [3.63, 3.8) is 0 Å². The summed E-state index contributed by atoms with van der Waals surface area (Å²) in [5.41, 5.74) is 1.23. The van der Waals surface area contributed by atoms with Gasteiger partial charge in [0.05, 0.1) is 14.2 Å². The summed E-state index contributed by atoms with van der Waals surface area (Å²) in [6.45, 7) is 1.81. The molecule has 168 valence electrons. The lowest BCUT2D eigenvalue weighted by molar-refractivity contribution is 0.314. The molecule has 4 rings (SSSR count). The smallest absolute Gasteiger partial charge is 0.207 e. The molecule has 0 fully saturated rings. The molecule has 0 aromatic heterocycles. The van der Waals surface area contributed by atoms with E-state index in [-0.39, 0.29) is 23.0 Å². The first kappa shape index (κ1) is 22.7. The van der Waals surface area contributed by atoms with Crippen LogP contribution < -0.4 is 25.4 Å². The van der Waals surface area contributed by atoms with Gasteiger partial charge in [-0.05, 0) is 43.3 Å². The van der Waals surface area contributed by atoms with Gasteiger partial charge in [-0.15, -0.1) is 0 Å². The van der Waals surface area contributed by atoms with Crippen LogP contribution in [0.15, 0.2) is 91.0 Å². The number of hydrogen-bond donors (Lipinski definition) is 2. The molecule has 0 saturated carbocycles. The summed E-state index contributed by atoms with van der Waals surface area (Å²) in [7, 11) is 0.642. The largest absolute Gasteiger partial charge is 0.504 e. The van der Waals surface area contributed by atoms with Gasteiger partial charge in [0.15, 0.2) is 11.5 Å². The maximum Gasteiger partial charge on any atom is 0.207 e. The number of rotatable bonds is 7. The van der Waals surface area contributed by atoms with Crippen molar-refractivity contribution in [1.82, 2.24) is 0 Å². The van der Waals surface area contributed by atoms with Gasteiger partial charge >= 0.3 is 0 Å². The van der Waals surface area contributed by atoms with Crippen LogP contribution >= 0.6 is 7.26 Å². The first-order chi connectivity index (χ1) is 16.0. The van der Waals surface area contributed by atoms with E-state index in [0.29, 0.717) is 17.3 Å². The van der Waals surface area contributed by atoms with Crippen LogP contribution in [0.1, 0.15) is 11.1 Å². The zero-order valence-corrected chi connectivity index (χ0v) is 19.9. The maximum absolute atomic E-state index is 11.3. The number of aromatic hydroxyl groups is 2. The Kier molecular flexibility index (Phi) is 6.57. The zero-order chi connectivity index (χ0) is 23.4. The molecule has 0 bridgehead atoms. The van der Waals surface area contributed by atoms with Crippen molar-refractivity contribution in [3.8, 4) is 23.0 Å².